The maximum absolute atomic E-state index is 13.7. The summed E-state index contributed by atoms with van der Waals surface area (Å²) in [5.74, 6) is 0.551. The summed E-state index contributed by atoms with van der Waals surface area (Å²) in [5.41, 5.74) is 7.28. The first kappa shape index (κ1) is 13.0. The third-order valence-electron chi connectivity index (χ3n) is 3.21. The van der Waals surface area contributed by atoms with Crippen molar-refractivity contribution in [2.75, 3.05) is 23.7 Å². The number of hydrogen-bond acceptors (Lipinski definition) is 3. The number of ether oxygens (including phenoxy) is 1. The normalized spacial score (nSPS) is 19.6. The van der Waals surface area contributed by atoms with Crippen LogP contribution in [0.3, 0.4) is 0 Å². The molecule has 0 bridgehead atoms. The summed E-state index contributed by atoms with van der Waals surface area (Å²) < 4.78 is 19.2. The average molecular weight is 252 g/mol. The minimum atomic E-state index is -0.391. The minimum Gasteiger partial charge on any atom is -0.488 e. The highest BCUT2D eigenvalue weighted by Crippen LogP contribution is 2.34. The molecule has 1 atom stereocenters. The Hall–Kier alpha value is -1.45. The highest BCUT2D eigenvalue weighted by molar-refractivity contribution is 5.70. The van der Waals surface area contributed by atoms with Crippen molar-refractivity contribution < 1.29 is 9.13 Å². The number of anilines is 2. The van der Waals surface area contributed by atoms with E-state index in [0.717, 1.165) is 25.2 Å². The number of nitrogens with two attached hydrogens (primary N) is 1. The fourth-order valence-corrected chi connectivity index (χ4v) is 2.33. The van der Waals surface area contributed by atoms with Crippen LogP contribution in [0.5, 0.6) is 5.75 Å². The summed E-state index contributed by atoms with van der Waals surface area (Å²) in [4.78, 5) is 2.20. The van der Waals surface area contributed by atoms with Gasteiger partial charge in [0.05, 0.1) is 17.5 Å². The molecular formula is C14H21FN2O. The molecule has 4 heteroatoms. The van der Waals surface area contributed by atoms with Crippen molar-refractivity contribution in [3.8, 4) is 5.75 Å². The monoisotopic (exact) mass is 252 g/mol. The van der Waals surface area contributed by atoms with Gasteiger partial charge in [-0.15, -0.1) is 0 Å². The number of nitrogen functional groups attached to an aromatic ring is 1. The summed E-state index contributed by atoms with van der Waals surface area (Å²) in [6, 6.07) is 3.08. The van der Waals surface area contributed by atoms with E-state index in [9.17, 15) is 4.39 Å². The lowest BCUT2D eigenvalue weighted by atomic mass is 10.2. The Labute approximate surface area is 108 Å². The quantitative estimate of drug-likeness (QED) is 0.840. The molecule has 3 nitrogen and oxygen atoms in total. The Kier molecular flexibility index (Phi) is 3.64. The molecule has 1 unspecified atom stereocenters. The van der Waals surface area contributed by atoms with Crippen molar-refractivity contribution in [2.45, 2.75) is 33.3 Å². The molecule has 1 heterocycles. The van der Waals surface area contributed by atoms with Crippen LogP contribution < -0.4 is 15.4 Å². The molecule has 1 aromatic rings. The van der Waals surface area contributed by atoms with Crippen LogP contribution in [0.15, 0.2) is 12.1 Å². The molecule has 100 valence electrons. The van der Waals surface area contributed by atoms with Crippen molar-refractivity contribution in [1.29, 1.82) is 0 Å². The predicted octanol–water partition coefficient (Wildman–Crippen LogP) is 3.04. The van der Waals surface area contributed by atoms with Gasteiger partial charge in [-0.3, -0.25) is 0 Å². The van der Waals surface area contributed by atoms with Gasteiger partial charge in [-0.2, -0.15) is 0 Å². The van der Waals surface area contributed by atoms with Gasteiger partial charge < -0.3 is 15.4 Å². The lowest BCUT2D eigenvalue weighted by Crippen LogP contribution is -2.21. The molecular weight excluding hydrogens is 231 g/mol. The van der Waals surface area contributed by atoms with Crippen molar-refractivity contribution in [3.05, 3.63) is 17.9 Å². The van der Waals surface area contributed by atoms with Gasteiger partial charge in [-0.25, -0.2) is 4.39 Å². The van der Waals surface area contributed by atoms with E-state index in [4.69, 9.17) is 10.5 Å². The van der Waals surface area contributed by atoms with Crippen LogP contribution in [0.2, 0.25) is 0 Å². The summed E-state index contributed by atoms with van der Waals surface area (Å²) in [7, 11) is 0. The molecule has 1 aliphatic heterocycles. The van der Waals surface area contributed by atoms with Crippen LogP contribution >= 0.6 is 0 Å². The van der Waals surface area contributed by atoms with E-state index in [1.54, 1.807) is 6.07 Å². The third kappa shape index (κ3) is 2.68. The maximum Gasteiger partial charge on any atom is 0.167 e. The molecule has 0 aliphatic carbocycles. The molecule has 0 spiro atoms. The molecule has 18 heavy (non-hydrogen) atoms. The fourth-order valence-electron chi connectivity index (χ4n) is 2.33. The van der Waals surface area contributed by atoms with Crippen molar-refractivity contribution in [2.24, 2.45) is 5.92 Å². The van der Waals surface area contributed by atoms with Crippen LogP contribution in [0.4, 0.5) is 15.8 Å². The lowest BCUT2D eigenvalue weighted by molar-refractivity contribution is 0.231. The molecule has 0 saturated carbocycles. The number of nitrogens with zero attached hydrogens (tertiary/aromatic N) is 1. The van der Waals surface area contributed by atoms with Gasteiger partial charge in [0.1, 0.15) is 0 Å². The van der Waals surface area contributed by atoms with Gasteiger partial charge >= 0.3 is 0 Å². The second-order valence-corrected chi connectivity index (χ2v) is 5.35. The van der Waals surface area contributed by atoms with Crippen molar-refractivity contribution in [3.63, 3.8) is 0 Å². The van der Waals surface area contributed by atoms with Gasteiger partial charge in [-0.05, 0) is 26.2 Å². The van der Waals surface area contributed by atoms with E-state index in [-0.39, 0.29) is 11.9 Å². The third-order valence-corrected chi connectivity index (χ3v) is 3.21. The van der Waals surface area contributed by atoms with Gasteiger partial charge in [0, 0.05) is 25.2 Å². The van der Waals surface area contributed by atoms with E-state index >= 15 is 0 Å². The molecule has 1 aliphatic rings. The van der Waals surface area contributed by atoms with Gasteiger partial charge in [0.15, 0.2) is 11.6 Å². The topological polar surface area (TPSA) is 38.5 Å². The molecule has 1 fully saturated rings. The number of halogens is 1. The highest BCUT2D eigenvalue weighted by atomic mass is 19.1. The first-order valence-corrected chi connectivity index (χ1v) is 6.48. The van der Waals surface area contributed by atoms with Crippen LogP contribution in [-0.4, -0.2) is 19.2 Å². The van der Waals surface area contributed by atoms with E-state index in [2.05, 4.69) is 11.8 Å². The van der Waals surface area contributed by atoms with Crippen LogP contribution in [0.1, 0.15) is 27.2 Å². The van der Waals surface area contributed by atoms with E-state index < -0.39 is 5.82 Å². The summed E-state index contributed by atoms with van der Waals surface area (Å²) >= 11 is 0. The maximum atomic E-state index is 13.7. The zero-order valence-corrected chi connectivity index (χ0v) is 11.2. The second-order valence-electron chi connectivity index (χ2n) is 5.35. The molecule has 0 amide bonds. The van der Waals surface area contributed by atoms with Crippen molar-refractivity contribution in [1.82, 2.24) is 0 Å². The van der Waals surface area contributed by atoms with E-state index in [0.29, 0.717) is 11.6 Å². The molecule has 1 aromatic carbocycles. The van der Waals surface area contributed by atoms with Crippen LogP contribution in [-0.2, 0) is 0 Å². The summed E-state index contributed by atoms with van der Waals surface area (Å²) in [6.07, 6.45) is 1.10. The van der Waals surface area contributed by atoms with Gasteiger partial charge in [0.2, 0.25) is 0 Å². The standard InChI is InChI=1S/C14H21FN2O/c1-9(2)18-14-7-13(12(16)6-11(14)15)17-5-4-10(3)8-17/h6-7,9-10H,4-5,8,16H2,1-3H3. The Morgan fingerprint density at radius 2 is 2.17 bits per heavy atom. The zero-order chi connectivity index (χ0) is 13.3. The molecule has 0 radical (unpaired) electrons. The Morgan fingerprint density at radius 3 is 2.72 bits per heavy atom. The SMILES string of the molecule is CC1CCN(c2cc(OC(C)C)c(F)cc2N)C1. The summed E-state index contributed by atoms with van der Waals surface area (Å²) in [5, 5.41) is 0. The Bertz CT molecular complexity index is 434. The fraction of sp³-hybridized carbons (Fsp3) is 0.571. The largest absolute Gasteiger partial charge is 0.488 e. The van der Waals surface area contributed by atoms with Gasteiger partial charge in [0.25, 0.3) is 0 Å². The lowest BCUT2D eigenvalue weighted by Gasteiger charge is -2.22. The molecule has 2 N–H and O–H groups in total. The Balaban J connectivity index is 2.29. The number of benzene rings is 1. The number of hydrogen-bond donors (Lipinski definition) is 1. The van der Waals surface area contributed by atoms with E-state index in [1.807, 2.05) is 13.8 Å². The second kappa shape index (κ2) is 5.04. The Morgan fingerprint density at radius 1 is 1.44 bits per heavy atom. The molecule has 1 saturated heterocycles. The van der Waals surface area contributed by atoms with E-state index in [1.165, 1.54) is 6.07 Å². The van der Waals surface area contributed by atoms with Crippen molar-refractivity contribution >= 4 is 11.4 Å². The smallest absolute Gasteiger partial charge is 0.167 e. The van der Waals surface area contributed by atoms with Crippen LogP contribution in [0, 0.1) is 11.7 Å². The minimum absolute atomic E-state index is 0.0477. The first-order chi connectivity index (χ1) is 8.47. The van der Waals surface area contributed by atoms with Gasteiger partial charge in [-0.1, -0.05) is 6.92 Å². The highest BCUT2D eigenvalue weighted by Gasteiger charge is 2.22. The first-order valence-electron chi connectivity index (χ1n) is 6.48. The predicted molar refractivity (Wildman–Crippen MR) is 72.6 cm³/mol. The summed E-state index contributed by atoms with van der Waals surface area (Å²) in [6.45, 7) is 7.92. The number of rotatable bonds is 3. The molecule has 2 rings (SSSR count). The molecule has 0 aromatic heterocycles. The van der Waals surface area contributed by atoms with Crippen LogP contribution in [0.25, 0.3) is 0 Å². The zero-order valence-electron chi connectivity index (χ0n) is 11.2. The average Bonchev–Trinajstić information content (AvgIpc) is 2.68.